The summed E-state index contributed by atoms with van der Waals surface area (Å²) in [6, 6.07) is 14.7. The van der Waals surface area contributed by atoms with Crippen LogP contribution in [0.2, 0.25) is 0 Å². The molecule has 0 heterocycles. The highest BCUT2D eigenvalue weighted by atomic mass is 79.9. The molecule has 2 aromatic carbocycles. The van der Waals surface area contributed by atoms with Crippen molar-refractivity contribution in [3.05, 3.63) is 63.8 Å². The van der Waals surface area contributed by atoms with Crippen molar-refractivity contribution < 1.29 is 9.48 Å². The molecule has 2 aromatic rings. The Hall–Kier alpha value is -1.81. The smallest absolute Gasteiger partial charge is 0.259 e. The van der Waals surface area contributed by atoms with Gasteiger partial charge in [0.05, 0.1) is 7.11 Å². The van der Waals surface area contributed by atoms with Crippen LogP contribution in [0, 0.1) is 5.21 Å². The number of nitrogens with zero attached hydrogens (tertiary/aromatic N) is 1. The van der Waals surface area contributed by atoms with Gasteiger partial charge in [-0.2, -0.15) is 4.74 Å². The third kappa shape index (κ3) is 2.90. The average Bonchev–Trinajstić information content (AvgIpc) is 2.40. The molecule has 0 saturated heterocycles. The van der Waals surface area contributed by atoms with Crippen molar-refractivity contribution in [1.29, 1.82) is 0 Å². The summed E-state index contributed by atoms with van der Waals surface area (Å²) in [5.74, 6) is 0.542. The molecule has 0 amide bonds. The van der Waals surface area contributed by atoms with Gasteiger partial charge in [-0.15, -0.1) is 0 Å². The van der Waals surface area contributed by atoms with Crippen LogP contribution in [-0.4, -0.2) is 18.1 Å². The van der Waals surface area contributed by atoms with Gasteiger partial charge in [0.15, 0.2) is 12.0 Å². The second-order valence-corrected chi connectivity index (χ2v) is 4.60. The molecule has 2 rings (SSSR count). The summed E-state index contributed by atoms with van der Waals surface area (Å²) in [6.45, 7) is 0. The van der Waals surface area contributed by atoms with Gasteiger partial charge >= 0.3 is 0 Å². The lowest BCUT2D eigenvalue weighted by Gasteiger charge is -2.08. The summed E-state index contributed by atoms with van der Waals surface area (Å²) in [4.78, 5) is 0. The molecule has 0 radical (unpaired) electrons. The van der Waals surface area contributed by atoms with Crippen LogP contribution >= 0.6 is 15.9 Å². The lowest BCUT2D eigenvalue weighted by atomic mass is 10.2. The first-order chi connectivity index (χ1) is 8.70. The maximum absolute atomic E-state index is 12.1. The summed E-state index contributed by atoms with van der Waals surface area (Å²) in [5.41, 5.74) is 1.31. The molecule has 0 N–H and O–H groups in total. The molecular formula is C14H12BrNO2. The fraction of sp³-hybridized carbons (Fsp3) is 0.0714. The Balaban J connectivity index is 2.42. The summed E-state index contributed by atoms with van der Waals surface area (Å²) in [7, 11) is 1.54. The predicted octanol–water partition coefficient (Wildman–Crippen LogP) is 3.72. The zero-order valence-electron chi connectivity index (χ0n) is 9.84. The minimum atomic E-state index is 0.468. The van der Waals surface area contributed by atoms with Gasteiger partial charge < -0.3 is 9.94 Å². The number of hydrogen-bond donors (Lipinski definition) is 0. The molecule has 4 heteroatoms. The van der Waals surface area contributed by atoms with E-state index < -0.39 is 0 Å². The van der Waals surface area contributed by atoms with Gasteiger partial charge in [0.25, 0.3) is 5.69 Å². The van der Waals surface area contributed by atoms with Crippen molar-refractivity contribution in [2.24, 2.45) is 0 Å². The molecule has 0 aromatic heterocycles. The number of halogens is 1. The van der Waals surface area contributed by atoms with Crippen LogP contribution in [0.4, 0.5) is 5.69 Å². The third-order valence-electron chi connectivity index (χ3n) is 2.44. The van der Waals surface area contributed by atoms with Crippen molar-refractivity contribution in [2.75, 3.05) is 7.11 Å². The van der Waals surface area contributed by atoms with E-state index in [1.807, 2.05) is 36.4 Å². The van der Waals surface area contributed by atoms with E-state index in [1.165, 1.54) is 6.21 Å². The standard InChI is InChI=1S/C14H12BrNO2/c1-18-14-8-7-12(15)9-13(14)16(17)10-11-5-3-2-4-6-11/h2-10H,1H3/b16-10+. The maximum atomic E-state index is 12.1. The summed E-state index contributed by atoms with van der Waals surface area (Å²) in [5, 5.41) is 12.1. The van der Waals surface area contributed by atoms with Crippen LogP contribution in [0.15, 0.2) is 53.0 Å². The van der Waals surface area contributed by atoms with Gasteiger partial charge in [-0.25, -0.2) is 0 Å². The molecule has 0 spiro atoms. The normalized spacial score (nSPS) is 11.3. The van der Waals surface area contributed by atoms with Crippen LogP contribution in [0.5, 0.6) is 5.75 Å². The van der Waals surface area contributed by atoms with Gasteiger partial charge in [0.1, 0.15) is 0 Å². The highest BCUT2D eigenvalue weighted by molar-refractivity contribution is 9.10. The van der Waals surface area contributed by atoms with Crippen LogP contribution in [0.25, 0.3) is 0 Å². The minimum Gasteiger partial charge on any atom is -0.618 e. The van der Waals surface area contributed by atoms with Crippen LogP contribution in [0.1, 0.15) is 5.56 Å². The number of ether oxygens (including phenoxy) is 1. The molecule has 18 heavy (non-hydrogen) atoms. The van der Waals surface area contributed by atoms with Crippen LogP contribution < -0.4 is 4.74 Å². The molecule has 0 unspecified atom stereocenters. The Morgan fingerprint density at radius 1 is 1.17 bits per heavy atom. The van der Waals surface area contributed by atoms with Gasteiger partial charge in [0, 0.05) is 16.1 Å². The Morgan fingerprint density at radius 3 is 2.56 bits per heavy atom. The Morgan fingerprint density at radius 2 is 1.89 bits per heavy atom. The van der Waals surface area contributed by atoms with Crippen molar-refractivity contribution in [2.45, 2.75) is 0 Å². The number of rotatable bonds is 3. The molecule has 0 bridgehead atoms. The first-order valence-corrected chi connectivity index (χ1v) is 6.20. The average molecular weight is 306 g/mol. The maximum Gasteiger partial charge on any atom is 0.259 e. The molecule has 0 atom stereocenters. The van der Waals surface area contributed by atoms with E-state index in [0.29, 0.717) is 11.4 Å². The topological polar surface area (TPSA) is 35.3 Å². The summed E-state index contributed by atoms with van der Waals surface area (Å²) in [6.07, 6.45) is 1.52. The van der Waals surface area contributed by atoms with Crippen molar-refractivity contribution in [3.63, 3.8) is 0 Å². The quantitative estimate of drug-likeness (QED) is 0.375. The molecule has 0 fully saturated rings. The second-order valence-electron chi connectivity index (χ2n) is 3.68. The number of benzene rings is 2. The van der Waals surface area contributed by atoms with Gasteiger partial charge in [0.2, 0.25) is 0 Å². The largest absolute Gasteiger partial charge is 0.618 e. The molecule has 92 valence electrons. The van der Waals surface area contributed by atoms with Gasteiger partial charge in [-0.3, -0.25) is 0 Å². The Kier molecular flexibility index (Phi) is 3.99. The molecule has 0 saturated carbocycles. The van der Waals surface area contributed by atoms with Gasteiger partial charge in [-0.1, -0.05) is 34.1 Å². The molecular weight excluding hydrogens is 294 g/mol. The zero-order valence-corrected chi connectivity index (χ0v) is 11.4. The fourth-order valence-corrected chi connectivity index (χ4v) is 1.93. The van der Waals surface area contributed by atoms with E-state index in [-0.39, 0.29) is 0 Å². The SMILES string of the molecule is COc1ccc(Br)cc1/[N+]([O-])=C\c1ccccc1. The van der Waals surface area contributed by atoms with E-state index >= 15 is 0 Å². The summed E-state index contributed by atoms with van der Waals surface area (Å²) < 4.78 is 6.82. The highest BCUT2D eigenvalue weighted by Gasteiger charge is 2.11. The van der Waals surface area contributed by atoms with Crippen molar-refractivity contribution in [3.8, 4) is 5.75 Å². The monoisotopic (exact) mass is 305 g/mol. The minimum absolute atomic E-state index is 0.468. The van der Waals surface area contributed by atoms with E-state index in [0.717, 1.165) is 14.8 Å². The van der Waals surface area contributed by atoms with Crippen LogP contribution in [-0.2, 0) is 0 Å². The fourth-order valence-electron chi connectivity index (χ4n) is 1.58. The lowest BCUT2D eigenvalue weighted by Crippen LogP contribution is -2.00. The third-order valence-corrected chi connectivity index (χ3v) is 2.94. The van der Waals surface area contributed by atoms with Crippen molar-refractivity contribution in [1.82, 2.24) is 0 Å². The second kappa shape index (κ2) is 5.69. The van der Waals surface area contributed by atoms with E-state index in [9.17, 15) is 5.21 Å². The van der Waals surface area contributed by atoms with Crippen LogP contribution in [0.3, 0.4) is 0 Å². The van der Waals surface area contributed by atoms with Gasteiger partial charge in [-0.05, 0) is 24.3 Å². The number of methoxy groups -OCH3 is 1. The molecule has 0 aliphatic heterocycles. The van der Waals surface area contributed by atoms with E-state index in [4.69, 9.17) is 4.74 Å². The molecule has 0 aliphatic carbocycles. The first-order valence-electron chi connectivity index (χ1n) is 5.40. The lowest BCUT2D eigenvalue weighted by molar-refractivity contribution is -0.355. The number of hydrogen-bond acceptors (Lipinski definition) is 2. The Labute approximate surface area is 114 Å². The predicted molar refractivity (Wildman–Crippen MR) is 75.6 cm³/mol. The first kappa shape index (κ1) is 12.6. The summed E-state index contributed by atoms with van der Waals surface area (Å²) >= 11 is 3.34. The zero-order chi connectivity index (χ0) is 13.0. The highest BCUT2D eigenvalue weighted by Crippen LogP contribution is 2.29. The molecule has 0 aliphatic rings. The Bertz CT molecular complexity index is 567. The van der Waals surface area contributed by atoms with E-state index in [1.54, 1.807) is 19.2 Å². The van der Waals surface area contributed by atoms with Crippen molar-refractivity contribution >= 4 is 27.8 Å². The molecule has 3 nitrogen and oxygen atoms in total. The van der Waals surface area contributed by atoms with E-state index in [2.05, 4.69) is 15.9 Å².